The summed E-state index contributed by atoms with van der Waals surface area (Å²) in [6.45, 7) is 3.98. The third-order valence-corrected chi connectivity index (χ3v) is 16.9. The molecule has 121 heavy (non-hydrogen) atoms. The van der Waals surface area contributed by atoms with Gasteiger partial charge in [-0.25, -0.2) is 39.9 Å². The Balaban J connectivity index is 0.000000125. The predicted octanol–water partition coefficient (Wildman–Crippen LogP) is 20.4. The molecule has 18 aromatic heterocycles. The van der Waals surface area contributed by atoms with Crippen LogP contribution in [0.5, 0.6) is 0 Å². The molecule has 0 fully saturated rings. The summed E-state index contributed by atoms with van der Waals surface area (Å²) in [7, 11) is 0. The molecule has 0 bridgehead atoms. The molecule has 0 aliphatic carbocycles. The molecule has 24 heteroatoms. The molecule has 20 aromatic rings. The van der Waals surface area contributed by atoms with E-state index in [4.69, 9.17) is 11.6 Å². The Morgan fingerprint density at radius 2 is 0.661 bits per heavy atom. The minimum absolute atomic E-state index is 0.500. The Bertz CT molecular complexity index is 5750. The smallest absolute Gasteiger partial charge is 0.178 e. The maximum atomic E-state index is 5.67. The molecule has 0 aliphatic rings. The van der Waals surface area contributed by atoms with Gasteiger partial charge in [0.25, 0.3) is 0 Å². The number of aromatic nitrogens is 23. The lowest BCUT2D eigenvalue weighted by atomic mass is 10.1. The van der Waals surface area contributed by atoms with E-state index in [0.29, 0.717) is 11.0 Å². The van der Waals surface area contributed by atoms with Crippen LogP contribution in [0.3, 0.4) is 0 Å². The quantitative estimate of drug-likeness (QED) is 0.115. The molecule has 0 radical (unpaired) electrons. The van der Waals surface area contributed by atoms with E-state index >= 15 is 0 Å². The van der Waals surface area contributed by atoms with Gasteiger partial charge in [-0.15, -0.1) is 0 Å². The van der Waals surface area contributed by atoms with Gasteiger partial charge < -0.3 is 0 Å². The molecule has 0 saturated heterocycles. The van der Waals surface area contributed by atoms with Gasteiger partial charge in [0.15, 0.2) is 5.82 Å². The van der Waals surface area contributed by atoms with E-state index < -0.39 is 0 Å². The lowest BCUT2D eigenvalue weighted by Gasteiger charge is -2.06. The summed E-state index contributed by atoms with van der Waals surface area (Å²) in [5, 5.41) is 1.65. The van der Waals surface area contributed by atoms with Gasteiger partial charge >= 0.3 is 0 Å². The number of nitrogens with zero attached hydrogens (tertiary/aromatic N) is 23. The molecule has 2 aromatic carbocycles. The number of para-hydroxylation sites is 1. The maximum Gasteiger partial charge on any atom is 0.178 e. The highest BCUT2D eigenvalue weighted by molar-refractivity contribution is 6.29. The van der Waals surface area contributed by atoms with Gasteiger partial charge in [-0.3, -0.25) is 74.8 Å². The SMILES string of the molecule is Cc1cccnc1-c1ccccn1.Cc1ccnc(-c2ccccn2)n1.Clc1ccc(-c2ccccn2)cn1.c1ccc(-c2ccc3ccccc3n2)nc1.c1ccc(-c2ccncc2)nc1.c1ccc(-c2ccncn2)nc1.c1ccc(-c2cnccn2)nc1.c1ccc(-c2cncnc2)nc1.c1ccc(-c2nccnc2-c2ccccn2)cc1. The van der Waals surface area contributed by atoms with Gasteiger partial charge in [-0.2, -0.15) is 0 Å². The first-order chi connectivity index (χ1) is 59.8. The van der Waals surface area contributed by atoms with E-state index in [1.165, 1.54) is 12.7 Å². The third-order valence-electron chi connectivity index (χ3n) is 16.6. The topological polar surface area (TPSA) is 296 Å². The van der Waals surface area contributed by atoms with Gasteiger partial charge in [0.2, 0.25) is 0 Å². The van der Waals surface area contributed by atoms with Crippen molar-refractivity contribution in [2.75, 3.05) is 0 Å². The molecule has 0 saturated carbocycles. The number of hydrogen-bond acceptors (Lipinski definition) is 23. The van der Waals surface area contributed by atoms with Crippen molar-refractivity contribution in [2.45, 2.75) is 13.8 Å². The number of rotatable bonds is 10. The zero-order valence-electron chi connectivity index (χ0n) is 65.6. The zero-order valence-corrected chi connectivity index (χ0v) is 66.3. The molecular formula is C97H76ClN23. The second-order valence-electron chi connectivity index (χ2n) is 25.1. The summed E-state index contributed by atoms with van der Waals surface area (Å²) in [6.07, 6.45) is 41.2. The Morgan fingerprint density at radius 3 is 1.19 bits per heavy atom. The summed E-state index contributed by atoms with van der Waals surface area (Å²) < 4.78 is 0. The summed E-state index contributed by atoms with van der Waals surface area (Å²) in [5.74, 6) is 0.681. The summed E-state index contributed by atoms with van der Waals surface area (Å²) >= 11 is 5.67. The van der Waals surface area contributed by atoms with E-state index in [9.17, 15) is 0 Å². The fourth-order valence-corrected chi connectivity index (χ4v) is 11.0. The molecule has 0 aliphatic heterocycles. The molecule has 0 unspecified atom stereocenters. The van der Waals surface area contributed by atoms with Crippen molar-refractivity contribution in [3.05, 3.63) is 444 Å². The Kier molecular flexibility index (Phi) is 32.7. The fourth-order valence-electron chi connectivity index (χ4n) is 10.9. The minimum atomic E-state index is 0.500. The molecule has 18 heterocycles. The van der Waals surface area contributed by atoms with Crippen LogP contribution in [-0.2, 0) is 0 Å². The molecular weight excluding hydrogens is 1520 g/mol. The Hall–Kier alpha value is -16.7. The zero-order chi connectivity index (χ0) is 83.2. The predicted molar refractivity (Wildman–Crippen MR) is 474 cm³/mol. The summed E-state index contributed by atoms with van der Waals surface area (Å²) in [6, 6.07) is 89.4. The van der Waals surface area contributed by atoms with Crippen LogP contribution in [0.1, 0.15) is 11.3 Å². The highest BCUT2D eigenvalue weighted by Gasteiger charge is 2.11. The van der Waals surface area contributed by atoms with E-state index in [0.717, 1.165) is 130 Å². The highest BCUT2D eigenvalue weighted by atomic mass is 35.5. The van der Waals surface area contributed by atoms with E-state index in [1.807, 2.05) is 275 Å². The molecule has 20 rings (SSSR count). The number of hydrogen-bond donors (Lipinski definition) is 0. The second-order valence-corrected chi connectivity index (χ2v) is 25.4. The van der Waals surface area contributed by atoms with Crippen molar-refractivity contribution in [1.29, 1.82) is 0 Å². The first-order valence-corrected chi connectivity index (χ1v) is 38.2. The molecule has 0 amide bonds. The van der Waals surface area contributed by atoms with Gasteiger partial charge in [-0.05, 0) is 183 Å². The van der Waals surface area contributed by atoms with Crippen LogP contribution in [0, 0.1) is 13.8 Å². The molecule has 0 N–H and O–H groups in total. The second kappa shape index (κ2) is 47.3. The highest BCUT2D eigenvalue weighted by Crippen LogP contribution is 2.27. The van der Waals surface area contributed by atoms with Crippen molar-refractivity contribution in [1.82, 2.24) is 115 Å². The number of halogens is 1. The van der Waals surface area contributed by atoms with Crippen molar-refractivity contribution in [3.8, 4) is 113 Å². The maximum absolute atomic E-state index is 5.67. The van der Waals surface area contributed by atoms with Crippen LogP contribution in [-0.4, -0.2) is 115 Å². The normalized spacial score (nSPS) is 9.94. The number of aryl methyl sites for hydroxylation is 2. The molecule has 586 valence electrons. The first kappa shape index (κ1) is 83.8. The van der Waals surface area contributed by atoms with Gasteiger partial charge in [0.1, 0.15) is 34.9 Å². The van der Waals surface area contributed by atoms with Crippen molar-refractivity contribution < 1.29 is 0 Å². The van der Waals surface area contributed by atoms with Crippen molar-refractivity contribution in [2.24, 2.45) is 0 Å². The lowest BCUT2D eigenvalue weighted by Crippen LogP contribution is -1.93. The Morgan fingerprint density at radius 1 is 0.198 bits per heavy atom. The number of pyridine rings is 13. The lowest BCUT2D eigenvalue weighted by molar-refractivity contribution is 1.09. The van der Waals surface area contributed by atoms with Crippen molar-refractivity contribution in [3.63, 3.8) is 0 Å². The standard InChI is InChI=1S/C15H11N3.C14H10N2.C11H10N2.C10H7ClN2.C10H9N3.C10H8N2.3C9H7N3/c1-2-6-12(7-3-1)14-15(18-11-10-17-14)13-8-4-5-9-16-13;1-2-6-12-11(5-1)8-9-14(16-12)13-7-3-4-10-15-13;1-9-5-4-8-13-11(9)10-6-2-3-7-12-10;11-10-5-4-8(7-13-10)9-3-1-2-6-12-9;1-8-5-7-12-10(13-8)9-4-2-3-6-11-9;1-2-6-12-10(3-1)9-4-7-11-8-5-9;1-2-5-11-8(3-1)9-4-6-10-7-12-9;1-2-4-12-9(3-1)8-5-10-7-11-6-8;1-2-4-11-8(3-1)9-7-10-5-6-12-9/h1-11H;1-10H;2-8H,1H3;1-7H;2-7H,1H3;1-8H;3*1-7H. The van der Waals surface area contributed by atoms with Crippen LogP contribution in [0.15, 0.2) is 428 Å². The van der Waals surface area contributed by atoms with Crippen LogP contribution in [0.25, 0.3) is 124 Å². The minimum Gasteiger partial charge on any atom is -0.265 e. The van der Waals surface area contributed by atoms with E-state index in [-0.39, 0.29) is 0 Å². The number of benzene rings is 2. The number of fused-ring (bicyclic) bond motifs is 1. The van der Waals surface area contributed by atoms with Gasteiger partial charge in [0, 0.05) is 163 Å². The average molecular weight is 1600 g/mol. The van der Waals surface area contributed by atoms with Gasteiger partial charge in [0.05, 0.1) is 80.0 Å². The first-order valence-electron chi connectivity index (χ1n) is 37.8. The summed E-state index contributed by atoms with van der Waals surface area (Å²) in [5.41, 5.74) is 20.4. The van der Waals surface area contributed by atoms with E-state index in [1.54, 1.807) is 142 Å². The summed E-state index contributed by atoms with van der Waals surface area (Å²) in [4.78, 5) is 95.8. The third kappa shape index (κ3) is 27.3. The monoisotopic (exact) mass is 1600 g/mol. The molecule has 0 atom stereocenters. The molecule has 23 nitrogen and oxygen atoms in total. The fraction of sp³-hybridized carbons (Fsp3) is 0.0206. The van der Waals surface area contributed by atoms with E-state index in [2.05, 4.69) is 127 Å². The van der Waals surface area contributed by atoms with Crippen LogP contribution >= 0.6 is 11.6 Å². The Labute approximate surface area is 704 Å². The van der Waals surface area contributed by atoms with Crippen LogP contribution in [0.2, 0.25) is 5.15 Å². The molecule has 0 spiro atoms. The van der Waals surface area contributed by atoms with Crippen LogP contribution in [0.4, 0.5) is 0 Å². The van der Waals surface area contributed by atoms with Gasteiger partial charge in [-0.1, -0.05) is 127 Å². The average Bonchev–Trinajstić information content (AvgIpc) is 0.817. The van der Waals surface area contributed by atoms with Crippen molar-refractivity contribution >= 4 is 22.5 Å². The largest absolute Gasteiger partial charge is 0.265 e. The van der Waals surface area contributed by atoms with Crippen LogP contribution < -0.4 is 0 Å².